The van der Waals surface area contributed by atoms with Crippen LogP contribution in [0.25, 0.3) is 0 Å². The van der Waals surface area contributed by atoms with Gasteiger partial charge in [-0.3, -0.25) is 4.90 Å². The first-order valence-electron chi connectivity index (χ1n) is 5.95. The van der Waals surface area contributed by atoms with Crippen LogP contribution in [0.4, 0.5) is 8.78 Å². The predicted octanol–water partition coefficient (Wildman–Crippen LogP) is 3.71. The number of halogens is 3. The van der Waals surface area contributed by atoms with Crippen LogP contribution in [-0.2, 0) is 6.54 Å². The van der Waals surface area contributed by atoms with E-state index >= 15 is 0 Å². The van der Waals surface area contributed by atoms with Gasteiger partial charge in [0.25, 0.3) is 0 Å². The monoisotopic (exact) mass is 303 g/mol. The number of alkyl halides is 1. The molecule has 0 heterocycles. The summed E-state index contributed by atoms with van der Waals surface area (Å²) in [6.45, 7) is 1.38. The fourth-order valence-electron chi connectivity index (χ4n) is 2.14. The van der Waals surface area contributed by atoms with Gasteiger partial charge in [0.05, 0.1) is 0 Å². The molecule has 1 fully saturated rings. The minimum Gasteiger partial charge on any atom is -0.295 e. The van der Waals surface area contributed by atoms with E-state index in [0.717, 1.165) is 17.9 Å². The zero-order valence-corrected chi connectivity index (χ0v) is 11.2. The highest BCUT2D eigenvalue weighted by atomic mass is 79.9. The first-order valence-corrected chi connectivity index (χ1v) is 7.07. The molecule has 1 aromatic carbocycles. The fraction of sp³-hybridized carbons (Fsp3) is 0.538. The fourth-order valence-corrected chi connectivity index (χ4v) is 2.60. The van der Waals surface area contributed by atoms with E-state index in [1.54, 1.807) is 12.1 Å². The minimum atomic E-state index is -0.755. The molecule has 0 aromatic heterocycles. The molecular weight excluding hydrogens is 288 g/mol. The third kappa shape index (κ3) is 3.05. The lowest BCUT2D eigenvalue weighted by atomic mass is 9.91. The van der Waals surface area contributed by atoms with Crippen LogP contribution in [0.15, 0.2) is 18.2 Å². The number of benzene rings is 1. The van der Waals surface area contributed by atoms with Crippen molar-refractivity contribution in [1.82, 2.24) is 4.90 Å². The molecule has 1 aliphatic rings. The van der Waals surface area contributed by atoms with Crippen molar-refractivity contribution in [1.29, 1.82) is 0 Å². The minimum absolute atomic E-state index is 0.456. The summed E-state index contributed by atoms with van der Waals surface area (Å²) in [6.07, 6.45) is 3.59. The molecule has 0 spiro atoms. The summed E-state index contributed by atoms with van der Waals surface area (Å²) in [5.74, 6) is -1.46. The smallest absolute Gasteiger partial charge is 0.163 e. The molecule has 0 N–H and O–H groups in total. The van der Waals surface area contributed by atoms with Gasteiger partial charge in [-0.1, -0.05) is 34.5 Å². The maximum Gasteiger partial charge on any atom is 0.163 e. The van der Waals surface area contributed by atoms with E-state index in [-0.39, 0.29) is 0 Å². The van der Waals surface area contributed by atoms with Gasteiger partial charge in [-0.2, -0.15) is 0 Å². The Hall–Kier alpha value is -0.480. The number of hydrogen-bond acceptors (Lipinski definition) is 1. The summed E-state index contributed by atoms with van der Waals surface area (Å²) < 4.78 is 26.7. The van der Waals surface area contributed by atoms with Crippen molar-refractivity contribution in [2.24, 2.45) is 0 Å². The zero-order valence-electron chi connectivity index (χ0n) is 9.63. The number of hydrogen-bond donors (Lipinski definition) is 0. The molecule has 0 amide bonds. The van der Waals surface area contributed by atoms with Crippen LogP contribution in [0.2, 0.25) is 0 Å². The second-order valence-electron chi connectivity index (χ2n) is 4.46. The highest BCUT2D eigenvalue weighted by molar-refractivity contribution is 9.09. The highest BCUT2D eigenvalue weighted by Crippen LogP contribution is 2.27. The van der Waals surface area contributed by atoms with Crippen LogP contribution < -0.4 is 0 Å². The van der Waals surface area contributed by atoms with Gasteiger partial charge in [0.2, 0.25) is 0 Å². The molecule has 2 rings (SSSR count). The Bertz CT molecular complexity index is 380. The third-order valence-corrected chi connectivity index (χ3v) is 3.72. The Balaban J connectivity index is 2.08. The third-order valence-electron chi connectivity index (χ3n) is 3.37. The van der Waals surface area contributed by atoms with Crippen molar-refractivity contribution in [3.63, 3.8) is 0 Å². The molecule has 1 aromatic rings. The predicted molar refractivity (Wildman–Crippen MR) is 68.2 cm³/mol. The first kappa shape index (κ1) is 13.0. The quantitative estimate of drug-likeness (QED) is 0.750. The summed E-state index contributed by atoms with van der Waals surface area (Å²) >= 11 is 3.41. The van der Waals surface area contributed by atoms with E-state index < -0.39 is 11.6 Å². The van der Waals surface area contributed by atoms with Crippen molar-refractivity contribution < 1.29 is 8.78 Å². The van der Waals surface area contributed by atoms with Crippen LogP contribution in [0, 0.1) is 11.6 Å². The maximum absolute atomic E-state index is 13.6. The van der Waals surface area contributed by atoms with Gasteiger partial charge in [0, 0.05) is 30.0 Å². The highest BCUT2D eigenvalue weighted by Gasteiger charge is 2.25. The summed E-state index contributed by atoms with van der Waals surface area (Å²) in [5.41, 5.74) is 0.456. The molecule has 0 aliphatic heterocycles. The van der Waals surface area contributed by atoms with Crippen molar-refractivity contribution in [2.75, 3.05) is 11.9 Å². The van der Waals surface area contributed by atoms with E-state index in [1.807, 2.05) is 0 Å². The van der Waals surface area contributed by atoms with E-state index in [9.17, 15) is 8.78 Å². The average Bonchev–Trinajstić information content (AvgIpc) is 2.22. The molecule has 1 saturated carbocycles. The van der Waals surface area contributed by atoms with Crippen LogP contribution in [0.5, 0.6) is 0 Å². The van der Waals surface area contributed by atoms with E-state index in [4.69, 9.17) is 0 Å². The lowest BCUT2D eigenvalue weighted by Crippen LogP contribution is -2.40. The van der Waals surface area contributed by atoms with E-state index in [0.29, 0.717) is 18.2 Å². The lowest BCUT2D eigenvalue weighted by Gasteiger charge is -2.37. The first-order chi connectivity index (χ1) is 8.22. The van der Waals surface area contributed by atoms with Gasteiger partial charge in [0.1, 0.15) is 0 Å². The van der Waals surface area contributed by atoms with Gasteiger partial charge >= 0.3 is 0 Å². The molecule has 0 unspecified atom stereocenters. The molecule has 0 saturated heterocycles. The normalized spacial score (nSPS) is 16.2. The van der Waals surface area contributed by atoms with Gasteiger partial charge in [0.15, 0.2) is 11.6 Å². The standard InChI is InChI=1S/C13H16BrF2N/c14-7-8-17(11-4-2-5-11)9-10-3-1-6-12(15)13(10)16/h1,3,6,11H,2,4-5,7-9H2. The van der Waals surface area contributed by atoms with Gasteiger partial charge < -0.3 is 0 Å². The Morgan fingerprint density at radius 3 is 2.65 bits per heavy atom. The van der Waals surface area contributed by atoms with Crippen molar-refractivity contribution in [3.8, 4) is 0 Å². The summed E-state index contributed by atoms with van der Waals surface area (Å²) in [7, 11) is 0. The molecule has 94 valence electrons. The molecule has 1 aliphatic carbocycles. The summed E-state index contributed by atoms with van der Waals surface area (Å²) in [5, 5.41) is 0.862. The molecule has 0 atom stereocenters. The van der Waals surface area contributed by atoms with Crippen LogP contribution in [0.3, 0.4) is 0 Å². The zero-order chi connectivity index (χ0) is 12.3. The van der Waals surface area contributed by atoms with E-state index in [2.05, 4.69) is 20.8 Å². The van der Waals surface area contributed by atoms with Crippen LogP contribution in [0.1, 0.15) is 24.8 Å². The van der Waals surface area contributed by atoms with Gasteiger partial charge in [-0.15, -0.1) is 0 Å². The summed E-state index contributed by atoms with van der Waals surface area (Å²) in [4.78, 5) is 2.23. The number of rotatable bonds is 5. The number of nitrogens with zero attached hydrogens (tertiary/aromatic N) is 1. The van der Waals surface area contributed by atoms with Crippen molar-refractivity contribution in [2.45, 2.75) is 31.8 Å². The maximum atomic E-state index is 13.6. The largest absolute Gasteiger partial charge is 0.295 e. The second kappa shape index (κ2) is 5.91. The Labute approximate surface area is 109 Å². The van der Waals surface area contributed by atoms with Gasteiger partial charge in [-0.25, -0.2) is 8.78 Å². The average molecular weight is 304 g/mol. The van der Waals surface area contributed by atoms with E-state index in [1.165, 1.54) is 19.3 Å². The topological polar surface area (TPSA) is 3.24 Å². The molecule has 0 bridgehead atoms. The Morgan fingerprint density at radius 2 is 2.06 bits per heavy atom. The Morgan fingerprint density at radius 1 is 1.29 bits per heavy atom. The molecule has 4 heteroatoms. The molecule has 1 nitrogen and oxygen atoms in total. The van der Waals surface area contributed by atoms with Crippen molar-refractivity contribution >= 4 is 15.9 Å². The Kier molecular flexibility index (Phi) is 4.51. The second-order valence-corrected chi connectivity index (χ2v) is 5.25. The molecule has 17 heavy (non-hydrogen) atoms. The lowest BCUT2D eigenvalue weighted by molar-refractivity contribution is 0.126. The SMILES string of the molecule is Fc1cccc(CN(CCBr)C2CCC2)c1F. The van der Waals surface area contributed by atoms with Crippen molar-refractivity contribution in [3.05, 3.63) is 35.4 Å². The van der Waals surface area contributed by atoms with Crippen LogP contribution >= 0.6 is 15.9 Å². The summed E-state index contributed by atoms with van der Waals surface area (Å²) in [6, 6.07) is 4.94. The van der Waals surface area contributed by atoms with Crippen LogP contribution in [-0.4, -0.2) is 22.8 Å². The molecule has 0 radical (unpaired) electrons. The van der Waals surface area contributed by atoms with Gasteiger partial charge in [-0.05, 0) is 18.9 Å². The molecular formula is C13H16BrF2N.